The molecule has 0 aliphatic heterocycles. The van der Waals surface area contributed by atoms with Gasteiger partial charge in [-0.05, 0) is 23.8 Å². The number of carbonyl (C=O) groups excluding carboxylic acids is 2. The van der Waals surface area contributed by atoms with Crippen LogP contribution in [0.15, 0.2) is 59.2 Å². The third-order valence-electron chi connectivity index (χ3n) is 3.26. The normalized spacial score (nSPS) is 10.8. The molecule has 0 atom stereocenters. The molecule has 2 aromatic rings. The number of ether oxygens (including phenoxy) is 1. The summed E-state index contributed by atoms with van der Waals surface area (Å²) in [5, 5.41) is 10.8. The van der Waals surface area contributed by atoms with E-state index in [9.17, 15) is 19.7 Å². The predicted molar refractivity (Wildman–Crippen MR) is 97.8 cm³/mol. The SMILES string of the molecule is COC(=O)C(=CNNC(=O)c1cccc([N+](=O)[O-])c1)c1cccc(Br)c1. The maximum atomic E-state index is 12.1. The first-order chi connectivity index (χ1) is 12.4. The van der Waals surface area contributed by atoms with E-state index in [1.165, 1.54) is 31.5 Å². The lowest BCUT2D eigenvalue weighted by atomic mass is 10.1. The Morgan fingerprint density at radius 3 is 2.50 bits per heavy atom. The molecule has 0 aromatic heterocycles. The Labute approximate surface area is 157 Å². The lowest BCUT2D eigenvalue weighted by molar-refractivity contribution is -0.384. The van der Waals surface area contributed by atoms with Crippen LogP contribution in [0.4, 0.5) is 5.69 Å². The number of hydrazine groups is 1. The molecule has 0 spiro atoms. The summed E-state index contributed by atoms with van der Waals surface area (Å²) in [7, 11) is 1.25. The van der Waals surface area contributed by atoms with Crippen molar-refractivity contribution < 1.29 is 19.2 Å². The van der Waals surface area contributed by atoms with E-state index in [2.05, 4.69) is 26.8 Å². The molecule has 0 saturated heterocycles. The van der Waals surface area contributed by atoms with Crippen molar-refractivity contribution >= 4 is 39.1 Å². The van der Waals surface area contributed by atoms with Crippen LogP contribution >= 0.6 is 15.9 Å². The molecule has 0 aliphatic rings. The number of amides is 1. The van der Waals surface area contributed by atoms with Crippen LogP contribution in [0.5, 0.6) is 0 Å². The Balaban J connectivity index is 2.15. The van der Waals surface area contributed by atoms with Gasteiger partial charge in [-0.2, -0.15) is 0 Å². The maximum Gasteiger partial charge on any atom is 0.340 e. The number of esters is 1. The molecule has 134 valence electrons. The van der Waals surface area contributed by atoms with Crippen molar-refractivity contribution in [3.63, 3.8) is 0 Å². The third kappa shape index (κ3) is 4.90. The average molecular weight is 420 g/mol. The summed E-state index contributed by atoms with van der Waals surface area (Å²) in [6.45, 7) is 0. The van der Waals surface area contributed by atoms with E-state index in [-0.39, 0.29) is 16.8 Å². The van der Waals surface area contributed by atoms with Crippen LogP contribution in [0.2, 0.25) is 0 Å². The predicted octanol–water partition coefficient (Wildman–Crippen LogP) is 2.81. The standard InChI is InChI=1S/C17H14BrN3O5/c1-26-17(23)15(11-4-2-6-13(18)8-11)10-19-20-16(22)12-5-3-7-14(9-12)21(24)25/h2-10,19H,1H3,(H,20,22). The number of nitro benzene ring substituents is 1. The van der Waals surface area contributed by atoms with Crippen molar-refractivity contribution in [2.45, 2.75) is 0 Å². The first kappa shape index (κ1) is 19.1. The Morgan fingerprint density at radius 2 is 1.85 bits per heavy atom. The number of nitro groups is 1. The van der Waals surface area contributed by atoms with Crippen LogP contribution in [0.1, 0.15) is 15.9 Å². The van der Waals surface area contributed by atoms with Gasteiger partial charge in [-0.15, -0.1) is 0 Å². The summed E-state index contributed by atoms with van der Waals surface area (Å²) >= 11 is 3.32. The van der Waals surface area contributed by atoms with Crippen LogP contribution in [0, 0.1) is 10.1 Å². The maximum absolute atomic E-state index is 12.1. The molecule has 0 heterocycles. The van der Waals surface area contributed by atoms with Crippen LogP contribution in [-0.2, 0) is 9.53 Å². The van der Waals surface area contributed by atoms with Gasteiger partial charge in [-0.25, -0.2) is 4.79 Å². The molecular weight excluding hydrogens is 406 g/mol. The molecule has 26 heavy (non-hydrogen) atoms. The molecule has 0 unspecified atom stereocenters. The van der Waals surface area contributed by atoms with E-state index in [4.69, 9.17) is 4.74 Å². The van der Waals surface area contributed by atoms with Gasteiger partial charge in [-0.1, -0.05) is 34.1 Å². The number of rotatable bonds is 6. The number of non-ortho nitro benzene ring substituents is 1. The minimum Gasteiger partial charge on any atom is -0.465 e. The molecule has 8 nitrogen and oxygen atoms in total. The summed E-state index contributed by atoms with van der Waals surface area (Å²) in [4.78, 5) is 34.2. The van der Waals surface area contributed by atoms with Gasteiger partial charge in [0, 0.05) is 28.4 Å². The van der Waals surface area contributed by atoms with E-state index in [0.717, 1.165) is 10.5 Å². The quantitative estimate of drug-likeness (QED) is 0.322. The Hall–Kier alpha value is -3.20. The molecule has 0 radical (unpaired) electrons. The number of nitrogens with zero attached hydrogens (tertiary/aromatic N) is 1. The molecule has 0 aliphatic carbocycles. The fourth-order valence-corrected chi connectivity index (χ4v) is 2.43. The lowest BCUT2D eigenvalue weighted by Crippen LogP contribution is -2.34. The third-order valence-corrected chi connectivity index (χ3v) is 3.76. The average Bonchev–Trinajstić information content (AvgIpc) is 2.64. The summed E-state index contributed by atoms with van der Waals surface area (Å²) in [6.07, 6.45) is 1.28. The van der Waals surface area contributed by atoms with Crippen molar-refractivity contribution in [2.24, 2.45) is 0 Å². The second kappa shape index (κ2) is 8.77. The van der Waals surface area contributed by atoms with E-state index >= 15 is 0 Å². The number of benzene rings is 2. The molecular formula is C17H14BrN3O5. The van der Waals surface area contributed by atoms with Crippen molar-refractivity contribution in [1.29, 1.82) is 0 Å². The number of carbonyl (C=O) groups is 2. The highest BCUT2D eigenvalue weighted by molar-refractivity contribution is 9.10. The van der Waals surface area contributed by atoms with Crippen LogP contribution in [0.3, 0.4) is 0 Å². The Kier molecular flexibility index (Phi) is 6.45. The minimum atomic E-state index is -0.597. The zero-order chi connectivity index (χ0) is 19.1. The monoisotopic (exact) mass is 419 g/mol. The van der Waals surface area contributed by atoms with Gasteiger partial charge in [-0.3, -0.25) is 20.3 Å². The van der Waals surface area contributed by atoms with Crippen molar-refractivity contribution in [1.82, 2.24) is 10.9 Å². The van der Waals surface area contributed by atoms with E-state index in [0.29, 0.717) is 5.56 Å². The van der Waals surface area contributed by atoms with Gasteiger partial charge in [0.15, 0.2) is 0 Å². The summed E-state index contributed by atoms with van der Waals surface area (Å²) in [5.41, 5.74) is 5.53. The highest BCUT2D eigenvalue weighted by atomic mass is 79.9. The topological polar surface area (TPSA) is 111 Å². The number of halogens is 1. The second-order valence-electron chi connectivity index (χ2n) is 4.97. The first-order valence-electron chi connectivity index (χ1n) is 7.27. The highest BCUT2D eigenvalue weighted by Crippen LogP contribution is 2.20. The molecule has 2 aromatic carbocycles. The van der Waals surface area contributed by atoms with Crippen molar-refractivity contribution in [3.8, 4) is 0 Å². The first-order valence-corrected chi connectivity index (χ1v) is 8.06. The van der Waals surface area contributed by atoms with Gasteiger partial charge in [0.25, 0.3) is 11.6 Å². The van der Waals surface area contributed by atoms with Crippen molar-refractivity contribution in [3.05, 3.63) is 80.4 Å². The number of hydrogen-bond acceptors (Lipinski definition) is 6. The fourth-order valence-electron chi connectivity index (χ4n) is 2.03. The molecule has 0 fully saturated rings. The number of hydrogen-bond donors (Lipinski definition) is 2. The summed E-state index contributed by atoms with van der Waals surface area (Å²) < 4.78 is 5.51. The van der Waals surface area contributed by atoms with Gasteiger partial charge in [0.2, 0.25) is 0 Å². The summed E-state index contributed by atoms with van der Waals surface area (Å²) in [5.74, 6) is -1.19. The smallest absolute Gasteiger partial charge is 0.340 e. The number of methoxy groups -OCH3 is 1. The fraction of sp³-hybridized carbons (Fsp3) is 0.0588. The Morgan fingerprint density at radius 1 is 1.15 bits per heavy atom. The Bertz CT molecular complexity index is 882. The zero-order valence-electron chi connectivity index (χ0n) is 13.6. The van der Waals surface area contributed by atoms with Gasteiger partial charge in [0.1, 0.15) is 0 Å². The largest absolute Gasteiger partial charge is 0.465 e. The molecule has 0 bridgehead atoms. The van der Waals surface area contributed by atoms with Gasteiger partial charge < -0.3 is 10.2 Å². The van der Waals surface area contributed by atoms with Crippen LogP contribution in [0.25, 0.3) is 5.57 Å². The molecule has 1 amide bonds. The van der Waals surface area contributed by atoms with Crippen molar-refractivity contribution in [2.75, 3.05) is 7.11 Å². The summed E-state index contributed by atoms with van der Waals surface area (Å²) in [6, 6.07) is 12.2. The minimum absolute atomic E-state index is 0.0992. The van der Waals surface area contributed by atoms with E-state index in [1.54, 1.807) is 24.3 Å². The molecule has 2 rings (SSSR count). The van der Waals surface area contributed by atoms with Gasteiger partial charge >= 0.3 is 5.97 Å². The van der Waals surface area contributed by atoms with E-state index < -0.39 is 16.8 Å². The highest BCUT2D eigenvalue weighted by Gasteiger charge is 2.14. The molecule has 0 saturated carbocycles. The molecule has 2 N–H and O–H groups in total. The van der Waals surface area contributed by atoms with E-state index in [1.807, 2.05) is 0 Å². The zero-order valence-corrected chi connectivity index (χ0v) is 15.1. The van der Waals surface area contributed by atoms with Crippen LogP contribution in [-0.4, -0.2) is 23.9 Å². The lowest BCUT2D eigenvalue weighted by Gasteiger charge is -2.09. The second-order valence-corrected chi connectivity index (χ2v) is 5.88. The number of nitrogens with one attached hydrogen (secondary N) is 2. The van der Waals surface area contributed by atoms with Crippen LogP contribution < -0.4 is 10.9 Å². The van der Waals surface area contributed by atoms with Gasteiger partial charge in [0.05, 0.1) is 17.6 Å². The molecule has 9 heteroatoms.